The van der Waals surface area contributed by atoms with Gasteiger partial charge in [0.2, 0.25) is 0 Å². The van der Waals surface area contributed by atoms with Gasteiger partial charge in [-0.15, -0.1) is 0 Å². The van der Waals surface area contributed by atoms with Crippen LogP contribution >= 0.6 is 0 Å². The molecule has 10 heteroatoms. The SMILES string of the molecule is COc1cc2c(Nc3c(F)ccc(O)c3C)ncnc2cc1OC(C)(CCO)C(N)=O. The molecule has 1 heterocycles. The molecule has 31 heavy (non-hydrogen) atoms. The van der Waals surface area contributed by atoms with E-state index < -0.39 is 17.3 Å². The molecule has 0 spiro atoms. The number of methoxy groups -OCH3 is 1. The smallest absolute Gasteiger partial charge is 0.261 e. The van der Waals surface area contributed by atoms with Gasteiger partial charge in [-0.2, -0.15) is 0 Å². The summed E-state index contributed by atoms with van der Waals surface area (Å²) in [5, 5.41) is 22.5. The second-order valence-electron chi connectivity index (χ2n) is 7.10. The highest BCUT2D eigenvalue weighted by Crippen LogP contribution is 2.38. The fourth-order valence-electron chi connectivity index (χ4n) is 3.02. The largest absolute Gasteiger partial charge is 0.508 e. The summed E-state index contributed by atoms with van der Waals surface area (Å²) in [6, 6.07) is 5.52. The van der Waals surface area contributed by atoms with Crippen molar-refractivity contribution in [2.45, 2.75) is 25.9 Å². The van der Waals surface area contributed by atoms with E-state index in [2.05, 4.69) is 15.3 Å². The number of nitrogens with one attached hydrogen (secondary N) is 1. The molecule has 0 bridgehead atoms. The number of aliphatic hydroxyl groups is 1. The number of aromatic nitrogens is 2. The minimum Gasteiger partial charge on any atom is -0.508 e. The topological polar surface area (TPSA) is 140 Å². The summed E-state index contributed by atoms with van der Waals surface area (Å²) in [5.74, 6) is -0.655. The van der Waals surface area contributed by atoms with Crippen LogP contribution in [0.25, 0.3) is 10.9 Å². The van der Waals surface area contributed by atoms with Crippen molar-refractivity contribution in [1.29, 1.82) is 0 Å². The second kappa shape index (κ2) is 8.60. The van der Waals surface area contributed by atoms with Crippen molar-refractivity contribution in [2.75, 3.05) is 19.0 Å². The lowest BCUT2D eigenvalue weighted by atomic mass is 10.0. The van der Waals surface area contributed by atoms with E-state index in [0.717, 1.165) is 6.07 Å². The van der Waals surface area contributed by atoms with Gasteiger partial charge in [-0.05, 0) is 32.0 Å². The lowest BCUT2D eigenvalue weighted by molar-refractivity contribution is -0.133. The Bertz CT molecular complexity index is 1140. The molecule has 0 aliphatic rings. The van der Waals surface area contributed by atoms with Gasteiger partial charge in [-0.3, -0.25) is 4.79 Å². The molecule has 0 fully saturated rings. The number of carbonyl (C=O) groups excluding carboxylic acids is 1. The number of amides is 1. The number of aromatic hydroxyl groups is 1. The molecule has 0 aliphatic carbocycles. The lowest BCUT2D eigenvalue weighted by Crippen LogP contribution is -2.47. The maximum Gasteiger partial charge on any atom is 0.261 e. The third-order valence-electron chi connectivity index (χ3n) is 5.00. The van der Waals surface area contributed by atoms with Crippen LogP contribution in [0.4, 0.5) is 15.9 Å². The molecule has 1 aromatic heterocycles. The Kier molecular flexibility index (Phi) is 6.11. The van der Waals surface area contributed by atoms with Crippen molar-refractivity contribution >= 4 is 28.3 Å². The Morgan fingerprint density at radius 2 is 2.03 bits per heavy atom. The van der Waals surface area contributed by atoms with Crippen LogP contribution in [-0.2, 0) is 4.79 Å². The number of nitrogens with zero attached hydrogens (tertiary/aromatic N) is 2. The fraction of sp³-hybridized carbons (Fsp3) is 0.286. The zero-order valence-electron chi connectivity index (χ0n) is 17.3. The van der Waals surface area contributed by atoms with Gasteiger partial charge in [-0.1, -0.05) is 0 Å². The van der Waals surface area contributed by atoms with Gasteiger partial charge >= 0.3 is 0 Å². The Hall–Kier alpha value is -3.66. The molecule has 164 valence electrons. The van der Waals surface area contributed by atoms with Gasteiger partial charge in [0.25, 0.3) is 5.91 Å². The van der Waals surface area contributed by atoms with Gasteiger partial charge in [0, 0.05) is 30.0 Å². The summed E-state index contributed by atoms with van der Waals surface area (Å²) >= 11 is 0. The van der Waals surface area contributed by atoms with E-state index in [1.165, 1.54) is 32.5 Å². The van der Waals surface area contributed by atoms with Gasteiger partial charge < -0.3 is 30.7 Å². The van der Waals surface area contributed by atoms with Crippen molar-refractivity contribution in [2.24, 2.45) is 5.73 Å². The molecule has 0 saturated carbocycles. The summed E-state index contributed by atoms with van der Waals surface area (Å²) < 4.78 is 25.5. The predicted octanol–water partition coefficient (Wildman–Crippen LogP) is 2.54. The zero-order valence-corrected chi connectivity index (χ0v) is 17.3. The monoisotopic (exact) mass is 430 g/mol. The molecule has 0 radical (unpaired) electrons. The first-order valence-corrected chi connectivity index (χ1v) is 9.37. The van der Waals surface area contributed by atoms with Gasteiger partial charge in [0.05, 0.1) is 18.3 Å². The average molecular weight is 430 g/mol. The van der Waals surface area contributed by atoms with E-state index in [0.29, 0.717) is 16.5 Å². The van der Waals surface area contributed by atoms with Crippen molar-refractivity contribution < 1.29 is 28.9 Å². The number of aliphatic hydroxyl groups excluding tert-OH is 1. The first-order chi connectivity index (χ1) is 14.7. The number of nitrogens with two attached hydrogens (primary N) is 1. The predicted molar refractivity (Wildman–Crippen MR) is 112 cm³/mol. The Morgan fingerprint density at radius 3 is 2.68 bits per heavy atom. The number of carbonyl (C=O) groups is 1. The average Bonchev–Trinajstić information content (AvgIpc) is 2.73. The number of rotatable bonds is 8. The first kappa shape index (κ1) is 22.0. The van der Waals surface area contributed by atoms with Crippen molar-refractivity contribution in [3.8, 4) is 17.2 Å². The number of halogens is 1. The lowest BCUT2D eigenvalue weighted by Gasteiger charge is -2.27. The molecule has 2 aromatic carbocycles. The van der Waals surface area contributed by atoms with Gasteiger partial charge in [0.15, 0.2) is 17.1 Å². The number of phenols is 1. The molecule has 1 atom stereocenters. The van der Waals surface area contributed by atoms with E-state index in [1.54, 1.807) is 13.0 Å². The number of hydrogen-bond acceptors (Lipinski definition) is 8. The van der Waals surface area contributed by atoms with E-state index in [9.17, 15) is 19.4 Å². The standard InChI is InChI=1S/C21H23FN4O5/c1-11-15(28)5-4-13(22)18(11)26-19-12-8-16(30-3)17(9-14(12)24-10-25-19)31-21(2,6-7-27)20(23)29/h4-5,8-10,27-28H,6-7H2,1-3H3,(H2,23,29)(H,24,25,26). The minimum atomic E-state index is -1.47. The number of ether oxygens (including phenoxy) is 2. The Morgan fingerprint density at radius 1 is 1.29 bits per heavy atom. The molecule has 3 aromatic rings. The highest BCUT2D eigenvalue weighted by atomic mass is 19.1. The van der Waals surface area contributed by atoms with Crippen molar-refractivity contribution in [3.63, 3.8) is 0 Å². The maximum atomic E-state index is 14.3. The van der Waals surface area contributed by atoms with Crippen LogP contribution in [0.2, 0.25) is 0 Å². The van der Waals surface area contributed by atoms with Crippen LogP contribution in [0.1, 0.15) is 18.9 Å². The molecular weight excluding hydrogens is 407 g/mol. The minimum absolute atomic E-state index is 0.0177. The highest BCUT2D eigenvalue weighted by Gasteiger charge is 2.34. The van der Waals surface area contributed by atoms with Crippen LogP contribution in [0.3, 0.4) is 0 Å². The molecule has 5 N–H and O–H groups in total. The highest BCUT2D eigenvalue weighted by molar-refractivity contribution is 5.93. The van der Waals surface area contributed by atoms with Crippen LogP contribution in [-0.4, -0.2) is 45.4 Å². The molecule has 1 amide bonds. The first-order valence-electron chi connectivity index (χ1n) is 9.37. The van der Waals surface area contributed by atoms with Crippen LogP contribution in [0, 0.1) is 12.7 Å². The van der Waals surface area contributed by atoms with E-state index in [-0.39, 0.29) is 41.8 Å². The van der Waals surface area contributed by atoms with E-state index >= 15 is 0 Å². The normalized spacial score (nSPS) is 12.9. The number of primary amides is 1. The summed E-state index contributed by atoms with van der Waals surface area (Å²) in [7, 11) is 1.41. The van der Waals surface area contributed by atoms with Crippen molar-refractivity contribution in [1.82, 2.24) is 9.97 Å². The molecule has 9 nitrogen and oxygen atoms in total. The van der Waals surface area contributed by atoms with Crippen molar-refractivity contribution in [3.05, 3.63) is 42.0 Å². The molecular formula is C21H23FN4O5. The molecule has 0 saturated heterocycles. The summed E-state index contributed by atoms with van der Waals surface area (Å²) in [5.41, 5.74) is 4.80. The zero-order chi connectivity index (χ0) is 22.8. The number of hydrogen-bond donors (Lipinski definition) is 4. The summed E-state index contributed by atoms with van der Waals surface area (Å²) in [6.07, 6.45) is 1.26. The number of fused-ring (bicyclic) bond motifs is 1. The third kappa shape index (κ3) is 4.29. The molecule has 3 rings (SSSR count). The third-order valence-corrected chi connectivity index (χ3v) is 5.00. The number of anilines is 2. The quantitative estimate of drug-likeness (QED) is 0.427. The molecule has 0 aliphatic heterocycles. The van der Waals surface area contributed by atoms with E-state index in [4.69, 9.17) is 15.2 Å². The van der Waals surface area contributed by atoms with Crippen LogP contribution in [0.5, 0.6) is 17.2 Å². The van der Waals surface area contributed by atoms with Gasteiger partial charge in [-0.25, -0.2) is 14.4 Å². The van der Waals surface area contributed by atoms with Crippen LogP contribution < -0.4 is 20.5 Å². The summed E-state index contributed by atoms with van der Waals surface area (Å²) in [4.78, 5) is 20.3. The Balaban J connectivity index is 2.09. The Labute approximate surface area is 177 Å². The summed E-state index contributed by atoms with van der Waals surface area (Å²) in [6.45, 7) is 2.73. The van der Waals surface area contributed by atoms with E-state index in [1.807, 2.05) is 0 Å². The van der Waals surface area contributed by atoms with Gasteiger partial charge in [0.1, 0.15) is 23.7 Å². The number of benzene rings is 2. The molecule has 1 unspecified atom stereocenters. The fourth-order valence-corrected chi connectivity index (χ4v) is 3.02. The second-order valence-corrected chi connectivity index (χ2v) is 7.10. The maximum absolute atomic E-state index is 14.3. The van der Waals surface area contributed by atoms with Crippen LogP contribution in [0.15, 0.2) is 30.6 Å². The number of phenolic OH excluding ortho intramolecular Hbond substituents is 1.